The summed E-state index contributed by atoms with van der Waals surface area (Å²) in [4.78, 5) is 0. The van der Waals surface area contributed by atoms with Gasteiger partial charge in [-0.25, -0.2) is 0 Å². The van der Waals surface area contributed by atoms with E-state index in [1.807, 2.05) is 25.1 Å². The first-order valence-electron chi connectivity index (χ1n) is 4.36. The van der Waals surface area contributed by atoms with E-state index in [2.05, 4.69) is 25.1 Å². The zero-order valence-corrected chi connectivity index (χ0v) is 8.12. The molecule has 1 heteroatoms. The van der Waals surface area contributed by atoms with Crippen molar-refractivity contribution >= 4 is 5.57 Å². The number of hydrogen-bond donors (Lipinski definition) is 1. The molecule has 1 nitrogen and oxygen atoms in total. The first-order valence-corrected chi connectivity index (χ1v) is 4.36. The monoisotopic (exact) mass is 173 g/mol. The maximum absolute atomic E-state index is 5.39. The third-order valence-corrected chi connectivity index (χ3v) is 1.94. The number of rotatable bonds is 2. The average molecular weight is 173 g/mol. The van der Waals surface area contributed by atoms with Gasteiger partial charge in [-0.2, -0.15) is 0 Å². The molecule has 1 rings (SSSR count). The largest absolute Gasteiger partial charge is 0.404 e. The SMILES string of the molecule is CC(=C/N)/C=C(\C)c1ccccc1. The molecule has 13 heavy (non-hydrogen) atoms. The Bertz CT molecular complexity index is 320. The van der Waals surface area contributed by atoms with Crippen molar-refractivity contribution in [3.63, 3.8) is 0 Å². The van der Waals surface area contributed by atoms with Gasteiger partial charge in [0.15, 0.2) is 0 Å². The molecule has 68 valence electrons. The summed E-state index contributed by atoms with van der Waals surface area (Å²) < 4.78 is 0. The van der Waals surface area contributed by atoms with Crippen molar-refractivity contribution in [2.75, 3.05) is 0 Å². The standard InChI is InChI=1S/C12H15N/c1-10(9-13)8-11(2)12-6-4-3-5-7-12/h3-9H,13H2,1-2H3/b10-9-,11-8+. The first kappa shape index (κ1) is 9.59. The van der Waals surface area contributed by atoms with Gasteiger partial charge >= 0.3 is 0 Å². The number of nitrogens with two attached hydrogens (primary N) is 1. The van der Waals surface area contributed by atoms with Crippen LogP contribution in [0.1, 0.15) is 19.4 Å². The molecule has 0 aliphatic heterocycles. The zero-order chi connectivity index (χ0) is 9.68. The highest BCUT2D eigenvalue weighted by atomic mass is 14.5. The Hall–Kier alpha value is -1.50. The molecule has 0 aromatic heterocycles. The van der Waals surface area contributed by atoms with E-state index in [0.29, 0.717) is 0 Å². The van der Waals surface area contributed by atoms with E-state index < -0.39 is 0 Å². The van der Waals surface area contributed by atoms with Crippen LogP contribution < -0.4 is 5.73 Å². The Morgan fingerprint density at radius 3 is 2.31 bits per heavy atom. The predicted octanol–water partition coefficient (Wildman–Crippen LogP) is 2.95. The van der Waals surface area contributed by atoms with Gasteiger partial charge in [0.1, 0.15) is 0 Å². The molecule has 0 saturated heterocycles. The Kier molecular flexibility index (Phi) is 3.32. The third kappa shape index (κ3) is 2.79. The maximum Gasteiger partial charge on any atom is -0.00324 e. The molecule has 0 atom stereocenters. The minimum atomic E-state index is 1.08. The molecule has 0 bridgehead atoms. The Balaban J connectivity index is 2.92. The van der Waals surface area contributed by atoms with Crippen molar-refractivity contribution < 1.29 is 0 Å². The quantitative estimate of drug-likeness (QED) is 0.684. The van der Waals surface area contributed by atoms with E-state index in [9.17, 15) is 0 Å². The molecular formula is C12H15N. The van der Waals surface area contributed by atoms with Crippen LogP contribution in [0.3, 0.4) is 0 Å². The fourth-order valence-electron chi connectivity index (χ4n) is 1.17. The molecule has 0 aliphatic carbocycles. The molecule has 0 spiro atoms. The van der Waals surface area contributed by atoms with E-state index in [1.54, 1.807) is 6.20 Å². The highest BCUT2D eigenvalue weighted by Crippen LogP contribution is 2.14. The number of benzene rings is 1. The summed E-state index contributed by atoms with van der Waals surface area (Å²) in [6.07, 6.45) is 3.70. The van der Waals surface area contributed by atoms with Gasteiger partial charge in [-0.1, -0.05) is 36.4 Å². The second kappa shape index (κ2) is 4.51. The predicted molar refractivity (Wildman–Crippen MR) is 58.0 cm³/mol. The minimum absolute atomic E-state index is 1.08. The summed E-state index contributed by atoms with van der Waals surface area (Å²) >= 11 is 0. The van der Waals surface area contributed by atoms with E-state index in [4.69, 9.17) is 5.73 Å². The highest BCUT2D eigenvalue weighted by Gasteiger charge is 1.92. The summed E-state index contributed by atoms with van der Waals surface area (Å²) in [7, 11) is 0. The normalized spacial score (nSPS) is 13.1. The van der Waals surface area contributed by atoms with Crippen molar-refractivity contribution in [1.82, 2.24) is 0 Å². The molecule has 0 unspecified atom stereocenters. The molecule has 0 aliphatic rings. The van der Waals surface area contributed by atoms with Gasteiger partial charge in [0.2, 0.25) is 0 Å². The topological polar surface area (TPSA) is 26.0 Å². The Morgan fingerprint density at radius 1 is 1.15 bits per heavy atom. The fraction of sp³-hybridized carbons (Fsp3) is 0.167. The van der Waals surface area contributed by atoms with Crippen LogP contribution in [0, 0.1) is 0 Å². The van der Waals surface area contributed by atoms with Crippen LogP contribution >= 0.6 is 0 Å². The fourth-order valence-corrected chi connectivity index (χ4v) is 1.17. The summed E-state index contributed by atoms with van der Waals surface area (Å²) in [5.74, 6) is 0. The third-order valence-electron chi connectivity index (χ3n) is 1.94. The van der Waals surface area contributed by atoms with Crippen LogP contribution in [0.25, 0.3) is 5.57 Å². The van der Waals surface area contributed by atoms with Gasteiger partial charge in [-0.3, -0.25) is 0 Å². The second-order valence-corrected chi connectivity index (χ2v) is 3.10. The Labute approximate surface area is 79.6 Å². The van der Waals surface area contributed by atoms with Crippen LogP contribution in [-0.4, -0.2) is 0 Å². The van der Waals surface area contributed by atoms with Gasteiger partial charge in [0.25, 0.3) is 0 Å². The lowest BCUT2D eigenvalue weighted by Crippen LogP contribution is -1.83. The summed E-state index contributed by atoms with van der Waals surface area (Å²) in [6, 6.07) is 10.3. The average Bonchev–Trinajstić information content (AvgIpc) is 2.19. The van der Waals surface area contributed by atoms with E-state index in [0.717, 1.165) is 5.57 Å². The number of hydrogen-bond acceptors (Lipinski definition) is 1. The molecule has 1 aromatic rings. The zero-order valence-electron chi connectivity index (χ0n) is 8.12. The van der Waals surface area contributed by atoms with Gasteiger partial charge in [0.05, 0.1) is 0 Å². The van der Waals surface area contributed by atoms with Crippen molar-refractivity contribution in [1.29, 1.82) is 0 Å². The molecule has 0 saturated carbocycles. The molecule has 0 radical (unpaired) electrons. The minimum Gasteiger partial charge on any atom is -0.404 e. The van der Waals surface area contributed by atoms with E-state index in [-0.39, 0.29) is 0 Å². The summed E-state index contributed by atoms with van der Waals surface area (Å²) in [5, 5.41) is 0. The van der Waals surface area contributed by atoms with Crippen LogP contribution in [0.4, 0.5) is 0 Å². The molecule has 1 aromatic carbocycles. The summed E-state index contributed by atoms with van der Waals surface area (Å²) in [6.45, 7) is 4.08. The van der Waals surface area contributed by atoms with Gasteiger partial charge in [-0.15, -0.1) is 0 Å². The molecule has 2 N–H and O–H groups in total. The molecule has 0 amide bonds. The van der Waals surface area contributed by atoms with Gasteiger partial charge < -0.3 is 5.73 Å². The lowest BCUT2D eigenvalue weighted by molar-refractivity contribution is 1.42. The molecular weight excluding hydrogens is 158 g/mol. The van der Waals surface area contributed by atoms with Gasteiger partial charge in [-0.05, 0) is 36.8 Å². The molecule has 0 fully saturated rings. The van der Waals surface area contributed by atoms with Crippen LogP contribution in [0.2, 0.25) is 0 Å². The van der Waals surface area contributed by atoms with Crippen LogP contribution in [0.15, 0.2) is 48.2 Å². The van der Waals surface area contributed by atoms with Crippen molar-refractivity contribution in [3.8, 4) is 0 Å². The van der Waals surface area contributed by atoms with E-state index in [1.165, 1.54) is 11.1 Å². The summed E-state index contributed by atoms with van der Waals surface area (Å²) in [5.41, 5.74) is 8.95. The second-order valence-electron chi connectivity index (χ2n) is 3.10. The van der Waals surface area contributed by atoms with Crippen LogP contribution in [0.5, 0.6) is 0 Å². The van der Waals surface area contributed by atoms with Gasteiger partial charge in [0, 0.05) is 0 Å². The lowest BCUT2D eigenvalue weighted by Gasteiger charge is -2.00. The van der Waals surface area contributed by atoms with Crippen molar-refractivity contribution in [2.24, 2.45) is 5.73 Å². The first-order chi connectivity index (χ1) is 6.24. The smallest absolute Gasteiger partial charge is 0.00324 e. The molecule has 0 heterocycles. The number of allylic oxidation sites excluding steroid dienone is 3. The Morgan fingerprint density at radius 2 is 1.77 bits per heavy atom. The van der Waals surface area contributed by atoms with Crippen LogP contribution in [-0.2, 0) is 0 Å². The van der Waals surface area contributed by atoms with E-state index >= 15 is 0 Å². The lowest BCUT2D eigenvalue weighted by atomic mass is 10.1. The highest BCUT2D eigenvalue weighted by molar-refractivity contribution is 5.65. The van der Waals surface area contributed by atoms with Crippen molar-refractivity contribution in [3.05, 3.63) is 53.7 Å². The van der Waals surface area contributed by atoms with Crippen molar-refractivity contribution in [2.45, 2.75) is 13.8 Å². The maximum atomic E-state index is 5.39.